The van der Waals surface area contributed by atoms with E-state index in [4.69, 9.17) is 37.0 Å². The van der Waals surface area contributed by atoms with Gasteiger partial charge in [0.1, 0.15) is 19.3 Å². The van der Waals surface area contributed by atoms with Gasteiger partial charge in [-0.3, -0.25) is 37.3 Å². The minimum absolute atomic E-state index is 0.0737. The van der Waals surface area contributed by atoms with Crippen LogP contribution in [0.1, 0.15) is 336 Å². The van der Waals surface area contributed by atoms with Gasteiger partial charge >= 0.3 is 39.5 Å². The summed E-state index contributed by atoms with van der Waals surface area (Å²) in [7, 11) is -9.99. The molecule has 0 radical (unpaired) electrons. The molecule has 0 aliphatic rings. The number of hydrogen-bond acceptors (Lipinski definition) is 15. The Balaban J connectivity index is 5.41. The van der Waals surface area contributed by atoms with Crippen molar-refractivity contribution in [3.63, 3.8) is 0 Å². The van der Waals surface area contributed by atoms with Crippen LogP contribution in [0.5, 0.6) is 0 Å². The Bertz CT molecular complexity index is 2610. The maximum absolute atomic E-state index is 13.1. The summed E-state index contributed by atoms with van der Waals surface area (Å²) in [6.45, 7) is 4.56. The lowest BCUT2D eigenvalue weighted by molar-refractivity contribution is -0.161. The Morgan fingerprint density at radius 2 is 0.481 bits per heavy atom. The molecule has 0 bridgehead atoms. The fraction of sp³-hybridized carbons (Fsp3) is 0.685. The number of aliphatic hydroxyl groups excluding tert-OH is 1. The first-order chi connectivity index (χ1) is 52.7. The lowest BCUT2D eigenvalue weighted by Crippen LogP contribution is -2.30. The van der Waals surface area contributed by atoms with Crippen molar-refractivity contribution in [2.24, 2.45) is 0 Å². The highest BCUT2D eigenvalue weighted by Crippen LogP contribution is 2.45. The van der Waals surface area contributed by atoms with Crippen molar-refractivity contribution >= 4 is 39.5 Å². The smallest absolute Gasteiger partial charge is 0.462 e. The minimum Gasteiger partial charge on any atom is -0.462 e. The first-order valence-corrected chi connectivity index (χ1v) is 45.1. The van der Waals surface area contributed by atoms with Crippen LogP contribution in [0.15, 0.2) is 146 Å². The number of rotatable bonds is 78. The van der Waals surface area contributed by atoms with E-state index in [1.165, 1.54) is 44.9 Å². The molecule has 0 aromatic rings. The summed E-state index contributed by atoms with van der Waals surface area (Å²) in [5, 5.41) is 10.7. The Morgan fingerprint density at radius 1 is 0.269 bits per heavy atom. The van der Waals surface area contributed by atoms with Crippen molar-refractivity contribution in [3.05, 3.63) is 146 Å². The quantitative estimate of drug-likeness (QED) is 0.0169. The van der Waals surface area contributed by atoms with Crippen molar-refractivity contribution in [2.45, 2.75) is 354 Å². The van der Waals surface area contributed by atoms with Crippen molar-refractivity contribution in [2.75, 3.05) is 39.6 Å². The Hall–Kier alpha value is -5.06. The van der Waals surface area contributed by atoms with Gasteiger partial charge < -0.3 is 33.8 Å². The third-order valence-corrected chi connectivity index (χ3v) is 19.2. The number of esters is 4. The van der Waals surface area contributed by atoms with E-state index in [9.17, 15) is 43.2 Å². The lowest BCUT2D eigenvalue weighted by Gasteiger charge is -2.21. The maximum atomic E-state index is 13.1. The number of hydrogen-bond donors (Lipinski definition) is 3. The highest BCUT2D eigenvalue weighted by atomic mass is 31.2. The number of phosphoric acid groups is 2. The molecule has 0 heterocycles. The molecular weight excluding hydrogens is 1400 g/mol. The van der Waals surface area contributed by atoms with Gasteiger partial charge in [-0.05, 0) is 167 Å². The van der Waals surface area contributed by atoms with E-state index in [-0.39, 0.29) is 25.7 Å². The second-order valence-corrected chi connectivity index (χ2v) is 30.6. The third-order valence-electron chi connectivity index (χ3n) is 17.3. The molecular formula is C89H150O17P2. The number of aliphatic hydroxyl groups is 1. The molecule has 0 saturated heterocycles. The van der Waals surface area contributed by atoms with Crippen molar-refractivity contribution < 1.29 is 80.2 Å². The van der Waals surface area contributed by atoms with Gasteiger partial charge in [0.15, 0.2) is 12.2 Å². The molecule has 3 N–H and O–H groups in total. The molecule has 19 heteroatoms. The van der Waals surface area contributed by atoms with E-state index in [2.05, 4.69) is 174 Å². The van der Waals surface area contributed by atoms with E-state index in [1.54, 1.807) is 0 Å². The van der Waals surface area contributed by atoms with E-state index in [1.807, 2.05) is 0 Å². The van der Waals surface area contributed by atoms with Crippen LogP contribution in [0.3, 0.4) is 0 Å². The highest BCUT2D eigenvalue weighted by molar-refractivity contribution is 7.47. The predicted molar refractivity (Wildman–Crippen MR) is 445 cm³/mol. The zero-order valence-electron chi connectivity index (χ0n) is 67.7. The molecule has 0 fully saturated rings. The average Bonchev–Trinajstić information content (AvgIpc) is 0.916. The lowest BCUT2D eigenvalue weighted by atomic mass is 10.1. The van der Waals surface area contributed by atoms with Crippen LogP contribution in [0.2, 0.25) is 0 Å². The fourth-order valence-corrected chi connectivity index (χ4v) is 12.5. The van der Waals surface area contributed by atoms with Crippen molar-refractivity contribution in [1.82, 2.24) is 0 Å². The molecule has 0 aromatic carbocycles. The number of ether oxygens (including phenoxy) is 4. The number of allylic oxidation sites excluding steroid dienone is 24. The second-order valence-electron chi connectivity index (χ2n) is 27.6. The first-order valence-electron chi connectivity index (χ1n) is 42.1. The van der Waals surface area contributed by atoms with Gasteiger partial charge in [-0.25, -0.2) is 9.13 Å². The Morgan fingerprint density at radius 3 is 0.778 bits per heavy atom. The van der Waals surface area contributed by atoms with Crippen LogP contribution in [-0.4, -0.2) is 96.7 Å². The SMILES string of the molecule is CC/C=C\C/C=C\C/C=C\C/C=C\C/C=C\CCCCCC(=O)OCC(COP(=O)(O)OCC(O)COP(=O)(O)OCC(COC(=O)CCCCCCCC/C=C\C/C=C\C/C=C\CCCCC)OC(=O)CCCCCCCCC/C=C\C/C=C\C/C=C\CC)OC(=O)CCCCCCC/C=C\CCCCCC. The van der Waals surface area contributed by atoms with Crippen molar-refractivity contribution in [1.29, 1.82) is 0 Å². The van der Waals surface area contributed by atoms with Crippen LogP contribution in [-0.2, 0) is 65.4 Å². The van der Waals surface area contributed by atoms with Gasteiger partial charge in [-0.1, -0.05) is 289 Å². The zero-order chi connectivity index (χ0) is 78.9. The van der Waals surface area contributed by atoms with Gasteiger partial charge in [0.25, 0.3) is 0 Å². The van der Waals surface area contributed by atoms with Gasteiger partial charge in [0.2, 0.25) is 0 Å². The summed E-state index contributed by atoms with van der Waals surface area (Å²) >= 11 is 0. The van der Waals surface area contributed by atoms with Crippen LogP contribution >= 0.6 is 15.6 Å². The predicted octanol–water partition coefficient (Wildman–Crippen LogP) is 25.0. The fourth-order valence-electron chi connectivity index (χ4n) is 10.9. The van der Waals surface area contributed by atoms with Gasteiger partial charge in [0, 0.05) is 25.7 Å². The molecule has 108 heavy (non-hydrogen) atoms. The summed E-state index contributed by atoms with van der Waals surface area (Å²) in [6, 6.07) is 0. The van der Waals surface area contributed by atoms with Gasteiger partial charge in [-0.15, -0.1) is 0 Å². The monoisotopic (exact) mass is 1550 g/mol. The Kier molecular flexibility index (Phi) is 76.3. The van der Waals surface area contributed by atoms with E-state index < -0.39 is 97.5 Å². The largest absolute Gasteiger partial charge is 0.472 e. The van der Waals surface area contributed by atoms with E-state index in [0.717, 1.165) is 212 Å². The van der Waals surface area contributed by atoms with Crippen LogP contribution in [0.4, 0.5) is 0 Å². The summed E-state index contributed by atoms with van der Waals surface area (Å²) < 4.78 is 68.7. The number of carbonyl (C=O) groups is 4. The molecule has 0 amide bonds. The standard InChI is InChI=1S/C89H150O17P2/c1-5-9-13-17-21-25-29-33-36-39-41-44-46-50-53-57-61-65-69-73-86(91)99-79-84(105-88(93)75-71-67-63-59-55-49-32-28-24-20-16-12-8-4)81-103-107(95,96)101-77-83(90)78-102-108(97,98)104-82-85(106-89(94)76-72-68-64-60-56-52-48-43-38-35-31-27-23-19-15-11-7-3)80-100-87(92)74-70-66-62-58-54-51-47-45-42-40-37-34-30-26-22-18-14-10-6-2/h9,11,13,15,21-23,25-28,32-38,41-42,44-45,50,53,83-85,90H,5-8,10,12,14,16-20,24,29-31,39-40,43,46-49,51-52,54-82H2,1-4H3,(H,95,96)(H,97,98)/b13-9-,15-11-,25-21-,26-22-,27-23-,32-28-,36-33-,37-34-,38-35-,44-41-,45-42-,53-50-. The minimum atomic E-state index is -4.99. The highest BCUT2D eigenvalue weighted by Gasteiger charge is 2.30. The van der Waals surface area contributed by atoms with E-state index in [0.29, 0.717) is 25.7 Å². The molecule has 0 aliphatic heterocycles. The topological polar surface area (TPSA) is 237 Å². The maximum Gasteiger partial charge on any atom is 0.472 e. The normalized spacial score (nSPS) is 14.5. The summed E-state index contributed by atoms with van der Waals surface area (Å²) in [4.78, 5) is 73.2. The summed E-state index contributed by atoms with van der Waals surface area (Å²) in [5.41, 5.74) is 0. The molecule has 5 atom stereocenters. The number of carbonyl (C=O) groups excluding carboxylic acids is 4. The Labute approximate surface area is 656 Å². The molecule has 618 valence electrons. The van der Waals surface area contributed by atoms with E-state index >= 15 is 0 Å². The molecule has 5 unspecified atom stereocenters. The first kappa shape index (κ1) is 103. The number of unbranched alkanes of at least 4 members (excludes halogenated alkanes) is 28. The average molecular weight is 1550 g/mol. The summed E-state index contributed by atoms with van der Waals surface area (Å²) in [5.74, 6) is -2.24. The molecule has 0 rings (SSSR count). The molecule has 17 nitrogen and oxygen atoms in total. The van der Waals surface area contributed by atoms with Crippen LogP contribution < -0.4 is 0 Å². The molecule has 0 saturated carbocycles. The van der Waals surface area contributed by atoms with Crippen LogP contribution in [0.25, 0.3) is 0 Å². The summed E-state index contributed by atoms with van der Waals surface area (Å²) in [6.07, 6.45) is 92.4. The second kappa shape index (κ2) is 80.0. The van der Waals surface area contributed by atoms with Crippen LogP contribution in [0, 0.1) is 0 Å². The van der Waals surface area contributed by atoms with Crippen molar-refractivity contribution in [3.8, 4) is 0 Å². The number of phosphoric ester groups is 2. The van der Waals surface area contributed by atoms with Gasteiger partial charge in [-0.2, -0.15) is 0 Å². The van der Waals surface area contributed by atoms with Gasteiger partial charge in [0.05, 0.1) is 26.4 Å². The molecule has 0 aromatic heterocycles. The molecule has 0 spiro atoms. The zero-order valence-corrected chi connectivity index (χ0v) is 69.5. The third kappa shape index (κ3) is 79.0. The molecule has 0 aliphatic carbocycles.